The number of likely N-dealkylation sites (tertiary alicyclic amines) is 1. The predicted molar refractivity (Wildman–Crippen MR) is 70.9 cm³/mol. The van der Waals surface area contributed by atoms with Crippen LogP contribution in [-0.4, -0.2) is 29.6 Å². The molecule has 1 N–H and O–H groups in total. The second kappa shape index (κ2) is 4.43. The Balaban J connectivity index is 2.35. The van der Waals surface area contributed by atoms with Crippen molar-refractivity contribution in [2.45, 2.75) is 38.8 Å². The van der Waals surface area contributed by atoms with Crippen molar-refractivity contribution in [3.05, 3.63) is 35.4 Å². The second-order valence-electron chi connectivity index (χ2n) is 5.69. The zero-order chi connectivity index (χ0) is 12.6. The van der Waals surface area contributed by atoms with Crippen LogP contribution in [-0.2, 0) is 5.60 Å². The van der Waals surface area contributed by atoms with E-state index in [-0.39, 0.29) is 5.92 Å². The van der Waals surface area contributed by atoms with E-state index in [1.165, 1.54) is 5.56 Å². The van der Waals surface area contributed by atoms with Gasteiger partial charge >= 0.3 is 0 Å². The van der Waals surface area contributed by atoms with Gasteiger partial charge in [0.15, 0.2) is 0 Å². The topological polar surface area (TPSA) is 23.5 Å². The van der Waals surface area contributed by atoms with E-state index < -0.39 is 5.60 Å². The van der Waals surface area contributed by atoms with E-state index >= 15 is 0 Å². The maximum Gasteiger partial charge on any atom is 0.0949 e. The van der Waals surface area contributed by atoms with Gasteiger partial charge < -0.3 is 10.0 Å². The standard InChI is InChI=1S/C15H23NO/c1-11-6-5-7-14(8-11)15(17)9-13(3)16(4)10-12(15)2/h5-8,12-13,17H,9-10H2,1-4H3/t12-,13-,15-/m0/s1. The van der Waals surface area contributed by atoms with Crippen LogP contribution in [0.15, 0.2) is 24.3 Å². The molecule has 17 heavy (non-hydrogen) atoms. The lowest BCUT2D eigenvalue weighted by atomic mass is 9.74. The van der Waals surface area contributed by atoms with Crippen LogP contribution in [0.5, 0.6) is 0 Å². The molecule has 1 heterocycles. The van der Waals surface area contributed by atoms with Gasteiger partial charge in [-0.05, 0) is 32.9 Å². The van der Waals surface area contributed by atoms with Crippen LogP contribution in [0.2, 0.25) is 0 Å². The molecule has 0 aliphatic carbocycles. The average Bonchev–Trinajstić information content (AvgIpc) is 2.26. The highest BCUT2D eigenvalue weighted by atomic mass is 16.3. The first-order valence-corrected chi connectivity index (χ1v) is 6.43. The molecule has 94 valence electrons. The van der Waals surface area contributed by atoms with Crippen LogP contribution in [0.1, 0.15) is 31.4 Å². The molecular weight excluding hydrogens is 210 g/mol. The van der Waals surface area contributed by atoms with Gasteiger partial charge in [-0.1, -0.05) is 36.8 Å². The van der Waals surface area contributed by atoms with Crippen LogP contribution in [0.3, 0.4) is 0 Å². The first-order chi connectivity index (χ1) is 7.93. The molecule has 1 aromatic rings. The van der Waals surface area contributed by atoms with Crippen molar-refractivity contribution in [2.24, 2.45) is 5.92 Å². The summed E-state index contributed by atoms with van der Waals surface area (Å²) in [6.07, 6.45) is 0.814. The number of aryl methyl sites for hydroxylation is 1. The van der Waals surface area contributed by atoms with Crippen molar-refractivity contribution in [2.75, 3.05) is 13.6 Å². The molecule has 1 aromatic carbocycles. The van der Waals surface area contributed by atoms with Crippen LogP contribution in [0.25, 0.3) is 0 Å². The molecule has 0 aromatic heterocycles. The molecule has 3 atom stereocenters. The fourth-order valence-electron chi connectivity index (χ4n) is 2.89. The van der Waals surface area contributed by atoms with Crippen molar-refractivity contribution in [1.82, 2.24) is 4.90 Å². The lowest BCUT2D eigenvalue weighted by molar-refractivity contribution is -0.0843. The number of hydrogen-bond acceptors (Lipinski definition) is 2. The van der Waals surface area contributed by atoms with Crippen LogP contribution in [0.4, 0.5) is 0 Å². The minimum Gasteiger partial charge on any atom is -0.385 e. The third-order valence-electron chi connectivity index (χ3n) is 4.25. The summed E-state index contributed by atoms with van der Waals surface area (Å²) in [5, 5.41) is 11.0. The van der Waals surface area contributed by atoms with Gasteiger partial charge in [-0.15, -0.1) is 0 Å². The van der Waals surface area contributed by atoms with Gasteiger partial charge in [0.25, 0.3) is 0 Å². The van der Waals surface area contributed by atoms with Crippen molar-refractivity contribution in [3.8, 4) is 0 Å². The van der Waals surface area contributed by atoms with Crippen LogP contribution in [0, 0.1) is 12.8 Å². The summed E-state index contributed by atoms with van der Waals surface area (Å²) in [5.41, 5.74) is 1.62. The molecule has 0 amide bonds. The Labute approximate surface area is 104 Å². The molecule has 0 saturated carbocycles. The molecule has 1 fully saturated rings. The lowest BCUT2D eigenvalue weighted by Gasteiger charge is -2.46. The summed E-state index contributed by atoms with van der Waals surface area (Å²) in [5.74, 6) is 0.269. The Hall–Kier alpha value is -0.860. The first kappa shape index (κ1) is 12.6. The van der Waals surface area contributed by atoms with Crippen molar-refractivity contribution >= 4 is 0 Å². The van der Waals surface area contributed by atoms with E-state index in [0.717, 1.165) is 18.5 Å². The zero-order valence-corrected chi connectivity index (χ0v) is 11.3. The minimum atomic E-state index is -0.669. The molecule has 2 nitrogen and oxygen atoms in total. The number of benzene rings is 1. The molecule has 0 radical (unpaired) electrons. The number of aliphatic hydroxyl groups is 1. The largest absolute Gasteiger partial charge is 0.385 e. The average molecular weight is 233 g/mol. The Morgan fingerprint density at radius 2 is 2.06 bits per heavy atom. The Kier molecular flexibility index (Phi) is 3.28. The van der Waals surface area contributed by atoms with Crippen molar-refractivity contribution < 1.29 is 5.11 Å². The Morgan fingerprint density at radius 1 is 1.35 bits per heavy atom. The van der Waals surface area contributed by atoms with Gasteiger partial charge in [0.2, 0.25) is 0 Å². The summed E-state index contributed by atoms with van der Waals surface area (Å²) >= 11 is 0. The zero-order valence-electron chi connectivity index (χ0n) is 11.3. The SMILES string of the molecule is Cc1cccc([C@]2(O)C[C@H](C)N(C)C[C@@H]2C)c1. The van der Waals surface area contributed by atoms with Gasteiger partial charge in [-0.3, -0.25) is 0 Å². The fraction of sp³-hybridized carbons (Fsp3) is 0.600. The molecule has 0 unspecified atom stereocenters. The molecule has 0 spiro atoms. The van der Waals surface area contributed by atoms with Gasteiger partial charge in [0, 0.05) is 18.5 Å². The highest BCUT2D eigenvalue weighted by molar-refractivity contribution is 5.29. The van der Waals surface area contributed by atoms with E-state index in [9.17, 15) is 5.11 Å². The Bertz CT molecular complexity index is 404. The van der Waals surface area contributed by atoms with E-state index in [2.05, 4.69) is 50.9 Å². The minimum absolute atomic E-state index is 0.269. The number of nitrogens with zero attached hydrogens (tertiary/aromatic N) is 1. The first-order valence-electron chi connectivity index (χ1n) is 6.43. The highest BCUT2D eigenvalue weighted by Crippen LogP contribution is 2.39. The van der Waals surface area contributed by atoms with E-state index in [4.69, 9.17) is 0 Å². The van der Waals surface area contributed by atoms with Crippen molar-refractivity contribution in [3.63, 3.8) is 0 Å². The second-order valence-corrected chi connectivity index (χ2v) is 5.69. The van der Waals surface area contributed by atoms with Gasteiger partial charge in [0.1, 0.15) is 0 Å². The number of rotatable bonds is 1. The fourth-order valence-corrected chi connectivity index (χ4v) is 2.89. The molecule has 0 bridgehead atoms. The molecule has 1 aliphatic rings. The number of piperidine rings is 1. The maximum absolute atomic E-state index is 11.0. The predicted octanol–water partition coefficient (Wildman–Crippen LogP) is 2.54. The van der Waals surface area contributed by atoms with Crippen LogP contribution >= 0.6 is 0 Å². The monoisotopic (exact) mass is 233 g/mol. The third kappa shape index (κ3) is 2.24. The summed E-state index contributed by atoms with van der Waals surface area (Å²) in [7, 11) is 2.14. The molecular formula is C15H23NO. The Morgan fingerprint density at radius 3 is 2.71 bits per heavy atom. The highest BCUT2D eigenvalue weighted by Gasteiger charge is 2.42. The van der Waals surface area contributed by atoms with Gasteiger partial charge in [-0.2, -0.15) is 0 Å². The summed E-state index contributed by atoms with van der Waals surface area (Å²) in [4.78, 5) is 2.33. The molecule has 2 rings (SSSR count). The van der Waals surface area contributed by atoms with E-state index in [1.54, 1.807) is 0 Å². The summed E-state index contributed by atoms with van der Waals surface area (Å²) in [6.45, 7) is 7.36. The molecule has 1 aliphatic heterocycles. The third-order valence-corrected chi connectivity index (χ3v) is 4.25. The number of hydrogen-bond donors (Lipinski definition) is 1. The summed E-state index contributed by atoms with van der Waals surface area (Å²) < 4.78 is 0. The normalized spacial score (nSPS) is 34.9. The van der Waals surface area contributed by atoms with E-state index in [0.29, 0.717) is 6.04 Å². The smallest absolute Gasteiger partial charge is 0.0949 e. The maximum atomic E-state index is 11.0. The molecule has 1 saturated heterocycles. The quantitative estimate of drug-likeness (QED) is 0.806. The molecule has 2 heteroatoms. The van der Waals surface area contributed by atoms with Crippen molar-refractivity contribution in [1.29, 1.82) is 0 Å². The lowest BCUT2D eigenvalue weighted by Crippen LogP contribution is -2.51. The van der Waals surface area contributed by atoms with Gasteiger partial charge in [0.05, 0.1) is 5.60 Å². The van der Waals surface area contributed by atoms with Crippen LogP contribution < -0.4 is 0 Å². The van der Waals surface area contributed by atoms with E-state index in [1.807, 2.05) is 6.07 Å². The summed E-state index contributed by atoms with van der Waals surface area (Å²) in [6, 6.07) is 8.72. The van der Waals surface area contributed by atoms with Gasteiger partial charge in [-0.25, -0.2) is 0 Å².